The van der Waals surface area contributed by atoms with Gasteiger partial charge in [0.05, 0.1) is 15.3 Å². The monoisotopic (exact) mass is 506 g/mol. The molecule has 30 heavy (non-hydrogen) atoms. The Kier molecular flexibility index (Phi) is 9.05. The summed E-state index contributed by atoms with van der Waals surface area (Å²) in [4.78, 5) is 49.6. The highest BCUT2D eigenvalue weighted by molar-refractivity contribution is 9.10. The van der Waals surface area contributed by atoms with Crippen LogP contribution in [0.25, 0.3) is 0 Å². The van der Waals surface area contributed by atoms with Crippen molar-refractivity contribution in [2.24, 2.45) is 10.8 Å². The maximum Gasteiger partial charge on any atom is 0.328 e. The minimum absolute atomic E-state index is 0.0105. The van der Waals surface area contributed by atoms with Crippen LogP contribution < -0.4 is 11.2 Å². The molecule has 0 aromatic carbocycles. The molecule has 0 fully saturated rings. The number of ether oxygens (including phenoxy) is 2. The molecule has 1 rings (SSSR count). The van der Waals surface area contributed by atoms with Crippen molar-refractivity contribution >= 4 is 35.7 Å². The lowest BCUT2D eigenvalue weighted by atomic mass is 9.97. The lowest BCUT2D eigenvalue weighted by Crippen LogP contribution is -2.33. The van der Waals surface area contributed by atoms with Gasteiger partial charge in [-0.25, -0.2) is 4.79 Å². The molecule has 0 aliphatic heterocycles. The molecule has 1 atom stereocenters. The molecule has 9 nitrogen and oxygen atoms in total. The average Bonchev–Trinajstić information content (AvgIpc) is 2.60. The molecule has 0 saturated carbocycles. The molecule has 1 heterocycles. The number of H-pyrrole nitrogens is 1. The summed E-state index contributed by atoms with van der Waals surface area (Å²) in [5.74, 6) is -1.28. The van der Waals surface area contributed by atoms with E-state index in [1.807, 2.05) is 0 Å². The van der Waals surface area contributed by atoms with E-state index < -0.39 is 47.8 Å². The van der Waals surface area contributed by atoms with E-state index in [0.717, 1.165) is 0 Å². The molecule has 0 spiro atoms. The highest BCUT2D eigenvalue weighted by Gasteiger charge is 2.34. The van der Waals surface area contributed by atoms with E-state index in [1.54, 1.807) is 47.6 Å². The Labute approximate surface area is 183 Å². The molecule has 0 aliphatic carbocycles. The van der Waals surface area contributed by atoms with Gasteiger partial charge < -0.3 is 14.0 Å². The second-order valence-corrected chi connectivity index (χ2v) is 11.3. The third-order valence-corrected chi connectivity index (χ3v) is 5.64. The van der Waals surface area contributed by atoms with Gasteiger partial charge in [-0.05, 0) is 57.5 Å². The second-order valence-electron chi connectivity index (χ2n) is 8.67. The van der Waals surface area contributed by atoms with E-state index in [9.17, 15) is 23.7 Å². The Bertz CT molecular complexity index is 923. The van der Waals surface area contributed by atoms with E-state index >= 15 is 0 Å². The Hall–Kier alpha value is -1.93. The Morgan fingerprint density at radius 2 is 1.60 bits per heavy atom. The largest absolute Gasteiger partial charge is 0.418 e. The number of aromatic amines is 1. The maximum atomic E-state index is 12.7. The van der Waals surface area contributed by atoms with Crippen molar-refractivity contribution in [3.05, 3.63) is 43.7 Å². The van der Waals surface area contributed by atoms with Gasteiger partial charge in [0.2, 0.25) is 0 Å². The van der Waals surface area contributed by atoms with Crippen molar-refractivity contribution < 1.29 is 23.6 Å². The van der Waals surface area contributed by atoms with Crippen LogP contribution >= 0.6 is 23.7 Å². The van der Waals surface area contributed by atoms with Gasteiger partial charge in [-0.15, -0.1) is 0 Å². The van der Waals surface area contributed by atoms with Gasteiger partial charge >= 0.3 is 17.6 Å². The summed E-state index contributed by atoms with van der Waals surface area (Å²) in [5.41, 5.74) is -2.84. The van der Waals surface area contributed by atoms with Gasteiger partial charge in [-0.3, -0.25) is 23.9 Å². The topological polar surface area (TPSA) is 125 Å². The first-order valence-electron chi connectivity index (χ1n) is 9.22. The number of rotatable bonds is 7. The van der Waals surface area contributed by atoms with Crippen molar-refractivity contribution in [3.63, 3.8) is 0 Å². The van der Waals surface area contributed by atoms with Gasteiger partial charge in [0, 0.05) is 18.9 Å². The number of aromatic nitrogens is 2. The molecule has 1 aromatic heterocycles. The van der Waals surface area contributed by atoms with Crippen molar-refractivity contribution in [1.82, 2.24) is 9.55 Å². The summed E-state index contributed by atoms with van der Waals surface area (Å²) in [6, 6.07) is -1.48. The third kappa shape index (κ3) is 8.07. The Balaban J connectivity index is 2.88. The van der Waals surface area contributed by atoms with E-state index in [0.29, 0.717) is 0 Å². The van der Waals surface area contributed by atoms with Crippen LogP contribution in [0.4, 0.5) is 0 Å². The van der Waals surface area contributed by atoms with Crippen LogP contribution in [-0.2, 0) is 30.2 Å². The SMILES string of the molecule is CC(C)(C)C(=O)OC(OC(=O)C(C)(C)C)[PH](=O)C/C=C\Cn1cc(Br)c(=O)[nH]c1=O. The van der Waals surface area contributed by atoms with Gasteiger partial charge in [-0.2, -0.15) is 0 Å². The quantitative estimate of drug-likeness (QED) is 0.261. The minimum atomic E-state index is -2.69. The predicted molar refractivity (Wildman–Crippen MR) is 117 cm³/mol. The number of allylic oxidation sites excluding steroid dienone is 2. The standard InChI is InChI=1S/C19H28BrN2O7P/c1-18(2,3)14(24)28-17(29-15(25)19(4,5)6)30(27)10-8-7-9-22-11-12(20)13(23)21-16(22)26/h7-8,11,17,30H,9-10H2,1-6H3,(H,21,23,26)/b8-7-. The smallest absolute Gasteiger partial charge is 0.328 e. The fourth-order valence-electron chi connectivity index (χ4n) is 1.81. The lowest BCUT2D eigenvalue weighted by molar-refractivity contribution is -0.184. The summed E-state index contributed by atoms with van der Waals surface area (Å²) in [6.07, 6.45) is 4.44. The van der Waals surface area contributed by atoms with Crippen LogP contribution in [0, 0.1) is 10.8 Å². The Morgan fingerprint density at radius 1 is 1.10 bits per heavy atom. The number of hydrogen-bond donors (Lipinski definition) is 1. The molecule has 0 aliphatic rings. The Morgan fingerprint density at radius 3 is 2.07 bits per heavy atom. The molecule has 1 unspecified atom stereocenters. The lowest BCUT2D eigenvalue weighted by Gasteiger charge is -2.25. The number of carbonyl (C=O) groups excluding carboxylic acids is 2. The van der Waals surface area contributed by atoms with Crippen LogP contribution in [0.2, 0.25) is 0 Å². The van der Waals surface area contributed by atoms with Crippen LogP contribution in [0.1, 0.15) is 41.5 Å². The number of hydrogen-bond acceptors (Lipinski definition) is 7. The molecule has 0 bridgehead atoms. The molecule has 0 saturated heterocycles. The zero-order chi connectivity index (χ0) is 23.3. The molecule has 0 amide bonds. The normalized spacial score (nSPS) is 13.5. The van der Waals surface area contributed by atoms with Crippen LogP contribution in [-0.4, -0.2) is 33.7 Å². The average molecular weight is 507 g/mol. The first kappa shape index (κ1) is 26.1. The number of nitrogens with one attached hydrogen (secondary N) is 1. The van der Waals surface area contributed by atoms with E-state index in [-0.39, 0.29) is 17.2 Å². The molecular formula is C19H28BrN2O7P. The number of halogens is 1. The van der Waals surface area contributed by atoms with E-state index in [1.165, 1.54) is 16.8 Å². The fourth-order valence-corrected chi connectivity index (χ4v) is 3.22. The zero-order valence-electron chi connectivity index (χ0n) is 17.9. The molecule has 1 aromatic rings. The summed E-state index contributed by atoms with van der Waals surface area (Å²) in [5, 5.41) is 0. The van der Waals surface area contributed by atoms with Crippen molar-refractivity contribution in [3.8, 4) is 0 Å². The van der Waals surface area contributed by atoms with Gasteiger partial charge in [0.15, 0.2) is 7.80 Å². The summed E-state index contributed by atoms with van der Waals surface area (Å²) in [7, 11) is -2.69. The summed E-state index contributed by atoms with van der Waals surface area (Å²) < 4.78 is 24.6. The molecule has 168 valence electrons. The number of esters is 2. The van der Waals surface area contributed by atoms with Gasteiger partial charge in [0.25, 0.3) is 11.6 Å². The molecule has 1 N–H and O–H groups in total. The fraction of sp³-hybridized carbons (Fsp3) is 0.579. The van der Waals surface area contributed by atoms with Gasteiger partial charge in [0.1, 0.15) is 0 Å². The van der Waals surface area contributed by atoms with E-state index in [4.69, 9.17) is 9.47 Å². The second kappa shape index (κ2) is 10.4. The van der Waals surface area contributed by atoms with Crippen molar-refractivity contribution in [2.75, 3.05) is 6.16 Å². The molecular weight excluding hydrogens is 479 g/mol. The third-order valence-electron chi connectivity index (χ3n) is 3.67. The first-order valence-corrected chi connectivity index (χ1v) is 11.7. The highest BCUT2D eigenvalue weighted by atomic mass is 79.9. The van der Waals surface area contributed by atoms with E-state index in [2.05, 4.69) is 20.9 Å². The predicted octanol–water partition coefficient (Wildman–Crippen LogP) is 2.88. The molecule has 0 radical (unpaired) electrons. The zero-order valence-corrected chi connectivity index (χ0v) is 20.5. The van der Waals surface area contributed by atoms with Crippen molar-refractivity contribution in [2.45, 2.75) is 54.1 Å². The minimum Gasteiger partial charge on any atom is -0.418 e. The molecule has 11 heteroatoms. The van der Waals surface area contributed by atoms with Crippen LogP contribution in [0.5, 0.6) is 0 Å². The van der Waals surface area contributed by atoms with Crippen LogP contribution in [0.3, 0.4) is 0 Å². The number of carbonyl (C=O) groups is 2. The van der Waals surface area contributed by atoms with Crippen molar-refractivity contribution in [1.29, 1.82) is 0 Å². The van der Waals surface area contributed by atoms with Crippen LogP contribution in [0.15, 0.2) is 32.4 Å². The summed E-state index contributed by atoms with van der Waals surface area (Å²) in [6.45, 7) is 9.93. The maximum absolute atomic E-state index is 12.7. The highest BCUT2D eigenvalue weighted by Crippen LogP contribution is 2.34. The summed E-state index contributed by atoms with van der Waals surface area (Å²) >= 11 is 3.04. The first-order chi connectivity index (χ1) is 13.6. The van der Waals surface area contributed by atoms with Gasteiger partial charge in [-0.1, -0.05) is 12.2 Å². The number of nitrogens with zero attached hydrogens (tertiary/aromatic N) is 1.